The summed E-state index contributed by atoms with van der Waals surface area (Å²) in [4.78, 5) is 37.1. The zero-order valence-electron chi connectivity index (χ0n) is 22.1. The molecule has 1 heterocycles. The number of hydrogen-bond acceptors (Lipinski definition) is 5. The fraction of sp³-hybridized carbons (Fsp3) is 0.419. The van der Waals surface area contributed by atoms with Crippen LogP contribution in [-0.2, 0) is 25.7 Å². The van der Waals surface area contributed by atoms with E-state index >= 15 is 0 Å². The zero-order chi connectivity index (χ0) is 27.2. The summed E-state index contributed by atoms with van der Waals surface area (Å²) < 4.78 is 5.54. The quantitative estimate of drug-likeness (QED) is 0.414. The molecule has 8 heteroatoms. The Morgan fingerprint density at radius 2 is 1.79 bits per heavy atom. The summed E-state index contributed by atoms with van der Waals surface area (Å²) in [6, 6.07) is 17.4. The molecule has 1 unspecified atom stereocenters. The highest BCUT2D eigenvalue weighted by Gasteiger charge is 2.48. The molecule has 0 radical (unpaired) electrons. The van der Waals surface area contributed by atoms with Gasteiger partial charge in [-0.1, -0.05) is 67.5 Å². The number of carbonyl (C=O) groups is 3. The highest BCUT2D eigenvalue weighted by atomic mass is 16.5. The van der Waals surface area contributed by atoms with Gasteiger partial charge in [0.05, 0.1) is 17.9 Å². The predicted molar refractivity (Wildman–Crippen MR) is 147 cm³/mol. The molecule has 0 aromatic heterocycles. The molecule has 8 nitrogen and oxygen atoms in total. The molecule has 2 amide bonds. The lowest BCUT2D eigenvalue weighted by atomic mass is 9.83. The van der Waals surface area contributed by atoms with E-state index < -0.39 is 11.4 Å². The number of rotatable bonds is 11. The van der Waals surface area contributed by atoms with Crippen LogP contribution in [0.25, 0.3) is 0 Å². The minimum Gasteiger partial charge on any atom is -0.481 e. The number of carboxylic acid groups (broad SMARTS) is 1. The molecule has 2 aromatic carbocycles. The fourth-order valence-electron chi connectivity index (χ4n) is 5.49. The molecule has 1 aliphatic heterocycles. The summed E-state index contributed by atoms with van der Waals surface area (Å²) in [6.07, 6.45) is 9.99. The zero-order valence-corrected chi connectivity index (χ0v) is 22.1. The van der Waals surface area contributed by atoms with Crippen LogP contribution in [0.4, 0.5) is 0 Å². The topological polar surface area (TPSA) is 108 Å². The molecular formula is C31H35N3O5. The molecule has 0 spiro atoms. The smallest absolute Gasteiger partial charge is 0.309 e. The van der Waals surface area contributed by atoms with Crippen LogP contribution in [0, 0.1) is 11.3 Å². The Balaban J connectivity index is 1.23. The van der Waals surface area contributed by atoms with Crippen LogP contribution < -0.4 is 5.32 Å². The van der Waals surface area contributed by atoms with E-state index in [2.05, 4.69) is 10.4 Å². The van der Waals surface area contributed by atoms with Crippen molar-refractivity contribution in [3.63, 3.8) is 0 Å². The van der Waals surface area contributed by atoms with E-state index in [-0.39, 0.29) is 24.3 Å². The summed E-state index contributed by atoms with van der Waals surface area (Å²) in [7, 11) is 0. The van der Waals surface area contributed by atoms with Crippen molar-refractivity contribution < 1.29 is 24.2 Å². The van der Waals surface area contributed by atoms with Crippen molar-refractivity contribution in [1.29, 1.82) is 0 Å². The van der Waals surface area contributed by atoms with Crippen molar-refractivity contribution in [2.24, 2.45) is 16.4 Å². The summed E-state index contributed by atoms with van der Waals surface area (Å²) >= 11 is 0. The van der Waals surface area contributed by atoms with Gasteiger partial charge in [-0.25, -0.2) is 5.01 Å². The lowest BCUT2D eigenvalue weighted by Gasteiger charge is -2.25. The van der Waals surface area contributed by atoms with E-state index in [1.165, 1.54) is 5.01 Å². The molecule has 2 aromatic rings. The summed E-state index contributed by atoms with van der Waals surface area (Å²) in [5.41, 5.74) is 2.12. The van der Waals surface area contributed by atoms with E-state index in [4.69, 9.17) is 4.74 Å². The van der Waals surface area contributed by atoms with E-state index in [1.807, 2.05) is 66.7 Å². The van der Waals surface area contributed by atoms with Gasteiger partial charge in [0.2, 0.25) is 11.8 Å². The Kier molecular flexibility index (Phi) is 8.10. The van der Waals surface area contributed by atoms with Crippen molar-refractivity contribution in [2.75, 3.05) is 13.2 Å². The van der Waals surface area contributed by atoms with E-state index in [9.17, 15) is 19.5 Å². The van der Waals surface area contributed by atoms with Crippen molar-refractivity contribution in [2.45, 2.75) is 57.4 Å². The maximum absolute atomic E-state index is 13.3. The molecule has 2 saturated carbocycles. The van der Waals surface area contributed by atoms with Crippen molar-refractivity contribution in [3.05, 3.63) is 83.4 Å². The number of nitrogens with one attached hydrogen (secondary N) is 1. The molecule has 39 heavy (non-hydrogen) atoms. The number of carboxylic acids is 1. The van der Waals surface area contributed by atoms with E-state index in [1.54, 1.807) is 0 Å². The molecule has 2 aliphatic carbocycles. The van der Waals surface area contributed by atoms with Crippen molar-refractivity contribution in [3.8, 4) is 0 Å². The first-order valence-electron chi connectivity index (χ1n) is 13.8. The number of allylic oxidation sites excluding steroid dienone is 1. The molecular weight excluding hydrogens is 494 g/mol. The van der Waals surface area contributed by atoms with E-state index in [0.717, 1.165) is 55.2 Å². The van der Waals surface area contributed by atoms with Gasteiger partial charge >= 0.3 is 5.97 Å². The SMILES string of the molecule is O=C(NCC=CCC1(C(=O)O)CC1)C(c1ccc(CN2N=C(c3ccccc3)OCC2=O)cc1)C1CCCC1. The first-order chi connectivity index (χ1) is 18.9. The number of aliphatic carboxylic acids is 1. The summed E-state index contributed by atoms with van der Waals surface area (Å²) in [6.45, 7) is 0.653. The van der Waals surface area contributed by atoms with E-state index in [0.29, 0.717) is 31.3 Å². The van der Waals surface area contributed by atoms with Gasteiger partial charge in [0, 0.05) is 12.1 Å². The lowest BCUT2D eigenvalue weighted by molar-refractivity contribution is -0.143. The molecule has 2 fully saturated rings. The number of ether oxygens (including phenoxy) is 1. The van der Waals surface area contributed by atoms with Gasteiger partial charge in [0.25, 0.3) is 5.91 Å². The van der Waals surface area contributed by atoms with Gasteiger partial charge < -0.3 is 15.2 Å². The monoisotopic (exact) mass is 529 g/mol. The molecule has 1 atom stereocenters. The molecule has 0 bridgehead atoms. The Hall–Kier alpha value is -3.94. The van der Waals surface area contributed by atoms with Crippen LogP contribution >= 0.6 is 0 Å². The van der Waals surface area contributed by atoms with Gasteiger partial charge in [-0.15, -0.1) is 5.10 Å². The molecule has 5 rings (SSSR count). The van der Waals surface area contributed by atoms with Gasteiger partial charge in [-0.05, 0) is 61.3 Å². The largest absolute Gasteiger partial charge is 0.481 e. The first-order valence-corrected chi connectivity index (χ1v) is 13.8. The minimum atomic E-state index is -0.734. The predicted octanol–water partition coefficient (Wildman–Crippen LogP) is 4.61. The second-order valence-corrected chi connectivity index (χ2v) is 10.8. The van der Waals surface area contributed by atoms with Crippen molar-refractivity contribution >= 4 is 23.7 Å². The molecule has 3 aliphatic rings. The maximum atomic E-state index is 13.3. The third-order valence-corrected chi connectivity index (χ3v) is 8.05. The first kappa shape index (κ1) is 26.7. The Bertz CT molecular complexity index is 1240. The van der Waals surface area contributed by atoms with Crippen LogP contribution in [0.3, 0.4) is 0 Å². The second kappa shape index (κ2) is 11.8. The second-order valence-electron chi connectivity index (χ2n) is 10.8. The van der Waals surface area contributed by atoms with Crippen LogP contribution in [0.1, 0.15) is 67.6 Å². The van der Waals surface area contributed by atoms with Gasteiger partial charge in [-0.3, -0.25) is 14.4 Å². The molecule has 2 N–H and O–H groups in total. The van der Waals surface area contributed by atoms with Gasteiger partial charge in [-0.2, -0.15) is 0 Å². The normalized spacial score (nSPS) is 19.4. The Morgan fingerprint density at radius 1 is 1.08 bits per heavy atom. The number of benzene rings is 2. The van der Waals surface area contributed by atoms with Crippen molar-refractivity contribution in [1.82, 2.24) is 10.3 Å². The number of hydrazone groups is 1. The minimum absolute atomic E-state index is 0.000806. The average Bonchev–Trinajstić information content (AvgIpc) is 3.56. The van der Waals surface area contributed by atoms with Gasteiger partial charge in [0.1, 0.15) is 0 Å². The number of amides is 2. The fourth-order valence-corrected chi connectivity index (χ4v) is 5.49. The Labute approximate surface area is 228 Å². The number of carbonyl (C=O) groups excluding carboxylic acids is 2. The summed E-state index contributed by atoms with van der Waals surface area (Å²) in [5.74, 6) is -0.460. The van der Waals surface area contributed by atoms with Crippen LogP contribution in [0.5, 0.6) is 0 Å². The number of hydrogen-bond donors (Lipinski definition) is 2. The molecule has 204 valence electrons. The third kappa shape index (κ3) is 6.38. The third-order valence-electron chi connectivity index (χ3n) is 8.05. The summed E-state index contributed by atoms with van der Waals surface area (Å²) in [5, 5.41) is 18.2. The van der Waals surface area contributed by atoms with Crippen LogP contribution in [0.15, 0.2) is 71.9 Å². The molecule has 0 saturated heterocycles. The number of nitrogens with zero attached hydrogens (tertiary/aromatic N) is 2. The van der Waals surface area contributed by atoms with Gasteiger partial charge in [0.15, 0.2) is 6.61 Å². The highest BCUT2D eigenvalue weighted by Crippen LogP contribution is 2.49. The maximum Gasteiger partial charge on any atom is 0.309 e. The lowest BCUT2D eigenvalue weighted by Crippen LogP contribution is -2.36. The van der Waals surface area contributed by atoms with Crippen LogP contribution in [0.2, 0.25) is 0 Å². The van der Waals surface area contributed by atoms with Crippen LogP contribution in [-0.4, -0.2) is 46.9 Å². The Morgan fingerprint density at radius 3 is 2.46 bits per heavy atom. The average molecular weight is 530 g/mol. The highest BCUT2D eigenvalue weighted by molar-refractivity contribution is 5.97. The standard InChI is InChI=1S/C31H35N3O5/c35-26-21-39-29(25-10-2-1-3-11-25)33-34(26)20-22-12-14-24(15-13-22)27(23-8-4-5-9-23)28(36)32-19-7-6-16-31(17-18-31)30(37)38/h1-3,6-7,10-15,23,27H,4-5,8-9,16-21H2,(H,32,36)(H,37,38).